The first-order chi connectivity index (χ1) is 19.2. The van der Waals surface area contributed by atoms with E-state index in [0.717, 1.165) is 9.54 Å². The van der Waals surface area contributed by atoms with Crippen LogP contribution in [-0.2, 0) is 14.8 Å². The maximum absolute atomic E-state index is 13.5. The summed E-state index contributed by atoms with van der Waals surface area (Å²) < 4.78 is 44.9. The van der Waals surface area contributed by atoms with E-state index in [4.69, 9.17) is 14.2 Å². The molecule has 5 rings (SSSR count). The van der Waals surface area contributed by atoms with Crippen LogP contribution in [-0.4, -0.2) is 72.7 Å². The van der Waals surface area contributed by atoms with Gasteiger partial charge in [0.05, 0.1) is 48.9 Å². The predicted molar refractivity (Wildman–Crippen MR) is 150 cm³/mol. The van der Waals surface area contributed by atoms with Crippen molar-refractivity contribution in [1.29, 1.82) is 0 Å². The minimum Gasteiger partial charge on any atom is -0.495 e. The molecular formula is C28H31N5O6S. The van der Waals surface area contributed by atoms with Crippen LogP contribution in [0.25, 0.3) is 11.0 Å². The summed E-state index contributed by atoms with van der Waals surface area (Å²) in [5, 5.41) is 3.56. The van der Waals surface area contributed by atoms with Crippen LogP contribution in [0.15, 0.2) is 59.6 Å². The van der Waals surface area contributed by atoms with Crippen molar-refractivity contribution < 1.29 is 27.4 Å². The number of benzene rings is 2. The number of aromatic nitrogens is 3. The minimum atomic E-state index is -3.94. The summed E-state index contributed by atoms with van der Waals surface area (Å²) in [6, 6.07) is 13.2. The number of ether oxygens (including phenoxy) is 3. The maximum Gasteiger partial charge on any atom is 0.269 e. The molecule has 0 spiro atoms. The lowest BCUT2D eigenvalue weighted by molar-refractivity contribution is 0.00358. The van der Waals surface area contributed by atoms with E-state index in [1.165, 1.54) is 13.3 Å². The number of anilines is 2. The van der Waals surface area contributed by atoms with Gasteiger partial charge in [-0.25, -0.2) is 12.4 Å². The van der Waals surface area contributed by atoms with Crippen molar-refractivity contribution in [3.8, 4) is 11.6 Å². The van der Waals surface area contributed by atoms with E-state index in [1.54, 1.807) is 53.4 Å². The molecule has 1 atom stereocenters. The molecule has 40 heavy (non-hydrogen) atoms. The molecule has 210 valence electrons. The van der Waals surface area contributed by atoms with E-state index in [2.05, 4.69) is 15.3 Å². The summed E-state index contributed by atoms with van der Waals surface area (Å²) in [6.45, 7) is 7.48. The molecule has 1 saturated heterocycles. The molecule has 2 aromatic carbocycles. The van der Waals surface area contributed by atoms with Gasteiger partial charge in [-0.3, -0.25) is 4.79 Å². The van der Waals surface area contributed by atoms with E-state index in [1.807, 2.05) is 20.8 Å². The third-order valence-electron chi connectivity index (χ3n) is 6.66. The highest BCUT2D eigenvalue weighted by Gasteiger charge is 2.26. The normalized spacial score (nSPS) is 15.7. The van der Waals surface area contributed by atoms with Gasteiger partial charge in [0.1, 0.15) is 5.75 Å². The molecule has 11 nitrogen and oxygen atoms in total. The lowest BCUT2D eigenvalue weighted by Gasteiger charge is -2.33. The van der Waals surface area contributed by atoms with E-state index < -0.39 is 10.0 Å². The van der Waals surface area contributed by atoms with E-state index in [-0.39, 0.29) is 34.3 Å². The Morgan fingerprint density at radius 2 is 1.93 bits per heavy atom. The minimum absolute atomic E-state index is 0.0328. The number of nitrogens with zero attached hydrogens (tertiary/aromatic N) is 4. The number of morpholine rings is 1. The number of aryl methyl sites for hydroxylation is 1. The predicted octanol–water partition coefficient (Wildman–Crippen LogP) is 3.99. The Morgan fingerprint density at radius 1 is 1.15 bits per heavy atom. The van der Waals surface area contributed by atoms with Crippen LogP contribution in [0.1, 0.15) is 29.8 Å². The molecule has 1 unspecified atom stereocenters. The maximum atomic E-state index is 13.5. The fourth-order valence-electron chi connectivity index (χ4n) is 4.53. The summed E-state index contributed by atoms with van der Waals surface area (Å²) in [4.78, 5) is 24.1. The Bertz CT molecular complexity index is 1650. The molecule has 12 heteroatoms. The SMILES string of the molecule is CCOc1nc(Nc2ccc(C(=O)N3CCOCC3C)cc2OC)nc2c1ccn2S(=O)(=O)c1ccc(C)cc1. The highest BCUT2D eigenvalue weighted by Crippen LogP contribution is 2.32. The smallest absolute Gasteiger partial charge is 0.269 e. The van der Waals surface area contributed by atoms with Crippen molar-refractivity contribution in [1.82, 2.24) is 18.8 Å². The Morgan fingerprint density at radius 3 is 2.62 bits per heavy atom. The standard InChI is InChI=1S/C28H31N5O6S/c1-5-39-26-22-12-13-33(40(35,36)21-9-6-18(2)7-10-21)25(22)30-28(31-26)29-23-11-8-20(16-24(23)37-4)27(34)32-14-15-38-17-19(32)3/h6-13,16,19H,5,14-15,17H2,1-4H3,(H,29,30,31). The zero-order valence-electron chi connectivity index (χ0n) is 22.7. The average Bonchev–Trinajstić information content (AvgIpc) is 3.39. The zero-order valence-corrected chi connectivity index (χ0v) is 23.6. The second-order valence-electron chi connectivity index (χ2n) is 9.41. The first-order valence-corrected chi connectivity index (χ1v) is 14.3. The average molecular weight is 566 g/mol. The number of nitrogens with one attached hydrogen (secondary N) is 1. The van der Waals surface area contributed by atoms with Crippen molar-refractivity contribution in [2.75, 3.05) is 38.8 Å². The molecule has 1 aliphatic heterocycles. The molecule has 1 aliphatic rings. The largest absolute Gasteiger partial charge is 0.495 e. The molecule has 4 aromatic rings. The van der Waals surface area contributed by atoms with Crippen LogP contribution in [0.3, 0.4) is 0 Å². The van der Waals surface area contributed by atoms with Gasteiger partial charge in [-0.2, -0.15) is 9.97 Å². The summed E-state index contributed by atoms with van der Waals surface area (Å²) >= 11 is 0. The Kier molecular flexibility index (Phi) is 7.63. The van der Waals surface area contributed by atoms with E-state index in [9.17, 15) is 13.2 Å². The first kappa shape index (κ1) is 27.4. The van der Waals surface area contributed by atoms with Gasteiger partial charge in [-0.05, 0) is 57.2 Å². The molecule has 3 heterocycles. The van der Waals surface area contributed by atoms with Gasteiger partial charge in [0.2, 0.25) is 11.8 Å². The number of methoxy groups -OCH3 is 1. The van der Waals surface area contributed by atoms with Gasteiger partial charge in [-0.15, -0.1) is 0 Å². The number of amides is 1. The van der Waals surface area contributed by atoms with Crippen LogP contribution >= 0.6 is 0 Å². The molecule has 0 aliphatic carbocycles. The molecule has 2 aromatic heterocycles. The monoisotopic (exact) mass is 565 g/mol. The highest BCUT2D eigenvalue weighted by atomic mass is 32.2. The number of carbonyl (C=O) groups is 1. The van der Waals surface area contributed by atoms with Gasteiger partial charge in [0.15, 0.2) is 5.65 Å². The Labute approximate surface area is 232 Å². The van der Waals surface area contributed by atoms with Crippen molar-refractivity contribution in [3.63, 3.8) is 0 Å². The van der Waals surface area contributed by atoms with Crippen molar-refractivity contribution in [2.24, 2.45) is 0 Å². The Hall–Kier alpha value is -4.16. The molecule has 0 bridgehead atoms. The topological polar surface area (TPSA) is 125 Å². The van der Waals surface area contributed by atoms with Crippen LogP contribution in [0.5, 0.6) is 11.6 Å². The van der Waals surface area contributed by atoms with Crippen molar-refractivity contribution in [3.05, 3.63) is 65.9 Å². The number of carbonyl (C=O) groups excluding carboxylic acids is 1. The number of fused-ring (bicyclic) bond motifs is 1. The number of hydrogen-bond acceptors (Lipinski definition) is 9. The second kappa shape index (κ2) is 11.1. The zero-order chi connectivity index (χ0) is 28.4. The van der Waals surface area contributed by atoms with Gasteiger partial charge in [-0.1, -0.05) is 17.7 Å². The third-order valence-corrected chi connectivity index (χ3v) is 8.34. The lowest BCUT2D eigenvalue weighted by atomic mass is 10.1. The van der Waals surface area contributed by atoms with Gasteiger partial charge in [0, 0.05) is 18.3 Å². The fourth-order valence-corrected chi connectivity index (χ4v) is 5.82. The van der Waals surface area contributed by atoms with Gasteiger partial charge in [0.25, 0.3) is 15.9 Å². The van der Waals surface area contributed by atoms with Crippen molar-refractivity contribution >= 4 is 38.6 Å². The lowest BCUT2D eigenvalue weighted by Crippen LogP contribution is -2.47. The van der Waals surface area contributed by atoms with Crippen molar-refractivity contribution in [2.45, 2.75) is 31.7 Å². The summed E-state index contributed by atoms with van der Waals surface area (Å²) in [7, 11) is -2.44. The molecule has 1 N–H and O–H groups in total. The summed E-state index contributed by atoms with van der Waals surface area (Å²) in [5.74, 6) is 0.626. The first-order valence-electron chi connectivity index (χ1n) is 12.9. The van der Waals surface area contributed by atoms with Gasteiger partial charge < -0.3 is 24.4 Å². The Balaban J connectivity index is 1.52. The van der Waals surface area contributed by atoms with Crippen LogP contribution < -0.4 is 14.8 Å². The summed E-state index contributed by atoms with van der Waals surface area (Å²) in [5.41, 5.74) is 2.08. The second-order valence-corrected chi connectivity index (χ2v) is 11.2. The van der Waals surface area contributed by atoms with Gasteiger partial charge >= 0.3 is 0 Å². The molecule has 1 fully saturated rings. The third kappa shape index (κ3) is 5.19. The summed E-state index contributed by atoms with van der Waals surface area (Å²) in [6.07, 6.45) is 1.44. The number of rotatable bonds is 8. The van der Waals surface area contributed by atoms with Crippen LogP contribution in [0.2, 0.25) is 0 Å². The molecule has 1 amide bonds. The molecular weight excluding hydrogens is 534 g/mol. The molecule has 0 radical (unpaired) electrons. The molecule has 0 saturated carbocycles. The van der Waals surface area contributed by atoms with E-state index >= 15 is 0 Å². The number of hydrogen-bond donors (Lipinski definition) is 1. The van der Waals surface area contributed by atoms with E-state index in [0.29, 0.717) is 48.8 Å². The fraction of sp³-hybridized carbons (Fsp3) is 0.321. The van der Waals surface area contributed by atoms with Crippen LogP contribution in [0, 0.1) is 6.92 Å². The highest BCUT2D eigenvalue weighted by molar-refractivity contribution is 7.90. The van der Waals surface area contributed by atoms with Crippen LogP contribution in [0.4, 0.5) is 11.6 Å². The quantitative estimate of drug-likeness (QED) is 0.338.